The van der Waals surface area contributed by atoms with Crippen molar-refractivity contribution < 1.29 is 4.42 Å². The molecule has 0 spiro atoms. The molecule has 0 amide bonds. The standard InChI is InChI=1S/C54H35NO/c1-2-11-36(12-3-1)37-21-23-38(24-22-37)39-25-28-43(29-26-39)55(45-30-32-50-51-31-27-40-13-4-7-18-47(40)54(51)56-53(50)35-45)44-16-10-15-41(33-44)52-34-42-14-5-6-17-46(42)48-19-8-9-20-49(48)52/h1-35H. The fourth-order valence-electron chi connectivity index (χ4n) is 8.47. The van der Waals surface area contributed by atoms with Gasteiger partial charge in [-0.25, -0.2) is 0 Å². The van der Waals surface area contributed by atoms with Crippen molar-refractivity contribution in [2.24, 2.45) is 0 Å². The minimum Gasteiger partial charge on any atom is -0.455 e. The van der Waals surface area contributed by atoms with E-state index in [-0.39, 0.29) is 0 Å². The third-order valence-electron chi connectivity index (χ3n) is 11.2. The minimum absolute atomic E-state index is 0.866. The summed E-state index contributed by atoms with van der Waals surface area (Å²) >= 11 is 0. The van der Waals surface area contributed by atoms with E-state index >= 15 is 0 Å². The second kappa shape index (κ2) is 13.2. The van der Waals surface area contributed by atoms with Crippen molar-refractivity contribution >= 4 is 71.3 Å². The Hall–Kier alpha value is -7.42. The quantitative estimate of drug-likeness (QED) is 0.160. The summed E-state index contributed by atoms with van der Waals surface area (Å²) in [6, 6.07) is 76.4. The Bertz CT molecular complexity index is 3230. The van der Waals surface area contributed by atoms with Crippen LogP contribution in [0.3, 0.4) is 0 Å². The highest BCUT2D eigenvalue weighted by Gasteiger charge is 2.18. The third kappa shape index (κ3) is 5.42. The van der Waals surface area contributed by atoms with Crippen LogP contribution in [0.2, 0.25) is 0 Å². The summed E-state index contributed by atoms with van der Waals surface area (Å²) in [5.41, 5.74) is 12.1. The van der Waals surface area contributed by atoms with Crippen LogP contribution in [0.15, 0.2) is 217 Å². The van der Waals surface area contributed by atoms with Crippen molar-refractivity contribution in [3.05, 3.63) is 212 Å². The van der Waals surface area contributed by atoms with Gasteiger partial charge in [0.05, 0.1) is 0 Å². The monoisotopic (exact) mass is 713 g/mol. The number of hydrogen-bond acceptors (Lipinski definition) is 2. The lowest BCUT2D eigenvalue weighted by Gasteiger charge is -2.26. The molecule has 262 valence electrons. The molecule has 0 bridgehead atoms. The number of hydrogen-bond donors (Lipinski definition) is 0. The lowest BCUT2D eigenvalue weighted by molar-refractivity contribution is 0.672. The Kier molecular flexibility index (Phi) is 7.53. The van der Waals surface area contributed by atoms with Crippen LogP contribution in [0.1, 0.15) is 0 Å². The van der Waals surface area contributed by atoms with Gasteiger partial charge >= 0.3 is 0 Å². The smallest absolute Gasteiger partial charge is 0.143 e. The fourth-order valence-corrected chi connectivity index (χ4v) is 8.47. The number of rotatable bonds is 6. The molecule has 1 heterocycles. The van der Waals surface area contributed by atoms with Crippen LogP contribution in [0, 0.1) is 0 Å². The number of furan rings is 1. The van der Waals surface area contributed by atoms with E-state index in [4.69, 9.17) is 4.42 Å². The van der Waals surface area contributed by atoms with E-state index in [9.17, 15) is 0 Å². The fraction of sp³-hybridized carbons (Fsp3) is 0. The van der Waals surface area contributed by atoms with E-state index in [1.165, 1.54) is 60.3 Å². The van der Waals surface area contributed by atoms with Gasteiger partial charge in [0.25, 0.3) is 0 Å². The molecule has 0 aliphatic rings. The molecule has 0 fully saturated rings. The Labute approximate surface area is 325 Å². The molecule has 0 aliphatic carbocycles. The van der Waals surface area contributed by atoms with Gasteiger partial charge in [0.1, 0.15) is 11.2 Å². The Morgan fingerprint density at radius 3 is 1.61 bits per heavy atom. The predicted octanol–water partition coefficient (Wildman–Crippen LogP) is 15.5. The van der Waals surface area contributed by atoms with Crippen LogP contribution < -0.4 is 4.90 Å². The SMILES string of the molecule is c1ccc(-c2ccc(-c3ccc(N(c4cccc(-c5cc6ccccc6c6ccccc56)c4)c4ccc5c(c4)oc4c6ccccc6ccc54)cc3)cc2)cc1. The van der Waals surface area contributed by atoms with E-state index in [0.717, 1.165) is 44.4 Å². The second-order valence-corrected chi connectivity index (χ2v) is 14.5. The zero-order valence-electron chi connectivity index (χ0n) is 30.6. The first kappa shape index (κ1) is 32.0. The first-order chi connectivity index (χ1) is 27.7. The first-order valence-electron chi connectivity index (χ1n) is 19.2. The molecule has 0 atom stereocenters. The average Bonchev–Trinajstić information content (AvgIpc) is 3.66. The molecule has 10 aromatic carbocycles. The molecule has 0 N–H and O–H groups in total. The largest absolute Gasteiger partial charge is 0.455 e. The molecule has 0 unspecified atom stereocenters. The zero-order chi connectivity index (χ0) is 37.0. The Morgan fingerprint density at radius 2 is 0.839 bits per heavy atom. The van der Waals surface area contributed by atoms with Crippen LogP contribution in [0.5, 0.6) is 0 Å². The van der Waals surface area contributed by atoms with Gasteiger partial charge < -0.3 is 9.32 Å². The highest BCUT2D eigenvalue weighted by molar-refractivity contribution is 6.16. The van der Waals surface area contributed by atoms with Gasteiger partial charge in [0.15, 0.2) is 0 Å². The summed E-state index contributed by atoms with van der Waals surface area (Å²) in [4.78, 5) is 2.35. The summed E-state index contributed by atoms with van der Waals surface area (Å²) in [5, 5.41) is 9.55. The Morgan fingerprint density at radius 1 is 0.286 bits per heavy atom. The number of fused-ring (bicyclic) bond motifs is 8. The molecular weight excluding hydrogens is 679 g/mol. The molecule has 56 heavy (non-hydrogen) atoms. The predicted molar refractivity (Wildman–Crippen MR) is 237 cm³/mol. The van der Waals surface area contributed by atoms with Gasteiger partial charge in [-0.15, -0.1) is 0 Å². The second-order valence-electron chi connectivity index (χ2n) is 14.5. The van der Waals surface area contributed by atoms with Gasteiger partial charge in [0.2, 0.25) is 0 Å². The van der Waals surface area contributed by atoms with Gasteiger partial charge in [0, 0.05) is 39.3 Å². The van der Waals surface area contributed by atoms with Crippen molar-refractivity contribution in [2.45, 2.75) is 0 Å². The van der Waals surface area contributed by atoms with E-state index < -0.39 is 0 Å². The van der Waals surface area contributed by atoms with Gasteiger partial charge in [-0.1, -0.05) is 158 Å². The van der Waals surface area contributed by atoms with E-state index in [1.54, 1.807) is 0 Å². The molecule has 0 radical (unpaired) electrons. The van der Waals surface area contributed by atoms with E-state index in [2.05, 4.69) is 217 Å². The molecule has 0 saturated heterocycles. The van der Waals surface area contributed by atoms with Crippen LogP contribution in [-0.4, -0.2) is 0 Å². The molecule has 11 aromatic rings. The maximum Gasteiger partial charge on any atom is 0.143 e. The molecule has 2 nitrogen and oxygen atoms in total. The van der Waals surface area contributed by atoms with Gasteiger partial charge in [-0.3, -0.25) is 0 Å². The summed E-state index contributed by atoms with van der Waals surface area (Å²) in [6.45, 7) is 0. The van der Waals surface area contributed by atoms with Crippen LogP contribution in [0.25, 0.3) is 87.6 Å². The van der Waals surface area contributed by atoms with E-state index in [0.29, 0.717) is 0 Å². The van der Waals surface area contributed by atoms with Gasteiger partial charge in [-0.05, 0) is 109 Å². The third-order valence-corrected chi connectivity index (χ3v) is 11.2. The normalized spacial score (nSPS) is 11.6. The number of nitrogens with zero attached hydrogens (tertiary/aromatic N) is 1. The highest BCUT2D eigenvalue weighted by atomic mass is 16.3. The van der Waals surface area contributed by atoms with Crippen molar-refractivity contribution in [3.63, 3.8) is 0 Å². The minimum atomic E-state index is 0.866. The lowest BCUT2D eigenvalue weighted by atomic mass is 9.93. The zero-order valence-corrected chi connectivity index (χ0v) is 30.6. The number of benzene rings is 10. The van der Waals surface area contributed by atoms with E-state index in [1.807, 2.05) is 0 Å². The Balaban J connectivity index is 1.05. The highest BCUT2D eigenvalue weighted by Crippen LogP contribution is 2.43. The molecule has 1 aromatic heterocycles. The maximum absolute atomic E-state index is 6.70. The molecular formula is C54H35NO. The van der Waals surface area contributed by atoms with Crippen LogP contribution in [0.4, 0.5) is 17.1 Å². The molecule has 11 rings (SSSR count). The molecule has 0 saturated carbocycles. The summed E-state index contributed by atoms with van der Waals surface area (Å²) in [7, 11) is 0. The number of anilines is 3. The lowest BCUT2D eigenvalue weighted by Crippen LogP contribution is -2.10. The molecule has 2 heteroatoms. The summed E-state index contributed by atoms with van der Waals surface area (Å²) in [6.07, 6.45) is 0. The van der Waals surface area contributed by atoms with Crippen molar-refractivity contribution in [3.8, 4) is 33.4 Å². The van der Waals surface area contributed by atoms with Crippen molar-refractivity contribution in [2.75, 3.05) is 4.90 Å². The summed E-state index contributed by atoms with van der Waals surface area (Å²) in [5.74, 6) is 0. The average molecular weight is 714 g/mol. The topological polar surface area (TPSA) is 16.4 Å². The molecule has 0 aliphatic heterocycles. The van der Waals surface area contributed by atoms with Gasteiger partial charge in [-0.2, -0.15) is 0 Å². The van der Waals surface area contributed by atoms with Crippen molar-refractivity contribution in [1.29, 1.82) is 0 Å². The maximum atomic E-state index is 6.70. The van der Waals surface area contributed by atoms with Crippen molar-refractivity contribution in [1.82, 2.24) is 0 Å². The summed E-state index contributed by atoms with van der Waals surface area (Å²) < 4.78 is 6.70. The first-order valence-corrected chi connectivity index (χ1v) is 19.2. The van der Waals surface area contributed by atoms with Crippen LogP contribution in [-0.2, 0) is 0 Å². The van der Waals surface area contributed by atoms with Crippen LogP contribution >= 0.6 is 0 Å².